The molecule has 0 saturated carbocycles. The molecule has 0 spiro atoms. The number of hydrogen-bond donors (Lipinski definition) is 0. The van der Waals surface area contributed by atoms with Crippen LogP contribution in [0.4, 0.5) is 13.2 Å². The number of rotatable bonds is 5. The molecule has 0 bridgehead atoms. The Morgan fingerprint density at radius 2 is 2.00 bits per heavy atom. The van der Waals surface area contributed by atoms with Gasteiger partial charge in [-0.05, 0) is 31.4 Å². The average Bonchev–Trinajstić information content (AvgIpc) is 2.71. The second kappa shape index (κ2) is 7.40. The Hall–Kier alpha value is -1.47. The molecule has 1 aliphatic rings. The molecule has 0 aromatic heterocycles. The summed E-state index contributed by atoms with van der Waals surface area (Å²) in [7, 11) is 2.53. The van der Waals surface area contributed by atoms with Crippen molar-refractivity contribution in [2.45, 2.75) is 32.0 Å². The first-order valence-electron chi connectivity index (χ1n) is 7.48. The van der Waals surface area contributed by atoms with Crippen molar-refractivity contribution in [2.24, 2.45) is 0 Å². The first-order valence-corrected chi connectivity index (χ1v) is 7.48. The number of ether oxygens (including phenoxy) is 4. The van der Waals surface area contributed by atoms with Crippen LogP contribution in [0.15, 0.2) is 6.07 Å². The van der Waals surface area contributed by atoms with E-state index >= 15 is 0 Å². The Morgan fingerprint density at radius 3 is 2.57 bits per heavy atom. The molecule has 23 heavy (non-hydrogen) atoms. The van der Waals surface area contributed by atoms with Crippen LogP contribution in [-0.2, 0) is 22.1 Å². The van der Waals surface area contributed by atoms with E-state index in [1.54, 1.807) is 13.0 Å². The van der Waals surface area contributed by atoms with Crippen LogP contribution in [0.5, 0.6) is 11.5 Å². The highest BCUT2D eigenvalue weighted by molar-refractivity contribution is 5.57. The van der Waals surface area contributed by atoms with Gasteiger partial charge in [0.25, 0.3) is 0 Å². The van der Waals surface area contributed by atoms with Gasteiger partial charge in [0, 0.05) is 18.8 Å². The Balaban J connectivity index is 2.68. The summed E-state index contributed by atoms with van der Waals surface area (Å²) in [5, 5.41) is 0. The molecule has 7 heteroatoms. The summed E-state index contributed by atoms with van der Waals surface area (Å²) in [5.74, 6) is -0.235. The van der Waals surface area contributed by atoms with Crippen LogP contribution in [0.25, 0.3) is 0 Å². The Morgan fingerprint density at radius 1 is 1.26 bits per heavy atom. The maximum Gasteiger partial charge on any atom is 0.420 e. The fraction of sp³-hybridized carbons (Fsp3) is 0.625. The van der Waals surface area contributed by atoms with Crippen molar-refractivity contribution < 1.29 is 32.1 Å². The van der Waals surface area contributed by atoms with Crippen molar-refractivity contribution in [1.82, 2.24) is 0 Å². The molecule has 1 aliphatic heterocycles. The van der Waals surface area contributed by atoms with Gasteiger partial charge in [0.1, 0.15) is 11.7 Å². The van der Waals surface area contributed by atoms with Gasteiger partial charge in [-0.1, -0.05) is 0 Å². The molecule has 0 radical (unpaired) electrons. The number of halogens is 3. The normalized spacial score (nSPS) is 18.3. The van der Waals surface area contributed by atoms with Crippen molar-refractivity contribution in [3.63, 3.8) is 0 Å². The number of alkyl halides is 3. The molecule has 0 amide bonds. The lowest BCUT2D eigenvalue weighted by Crippen LogP contribution is -2.20. The molecule has 0 saturated heterocycles. The molecule has 0 N–H and O–H groups in total. The summed E-state index contributed by atoms with van der Waals surface area (Å²) in [4.78, 5) is 0. The van der Waals surface area contributed by atoms with Gasteiger partial charge in [-0.3, -0.25) is 0 Å². The third-order valence-electron chi connectivity index (χ3n) is 3.78. The molecule has 1 unspecified atom stereocenters. The predicted octanol–water partition coefficient (Wildman–Crippen LogP) is 3.76. The molecule has 1 aromatic carbocycles. The van der Waals surface area contributed by atoms with Crippen molar-refractivity contribution in [3.8, 4) is 11.5 Å². The SMILES string of the molecule is CCOCC1OCCCc2cc(OC)c(OC)c(C(F)(F)F)c21. The minimum absolute atomic E-state index is 0.0715. The van der Waals surface area contributed by atoms with Crippen LogP contribution in [0.2, 0.25) is 0 Å². The van der Waals surface area contributed by atoms with Gasteiger partial charge in [-0.25, -0.2) is 0 Å². The number of hydrogen-bond acceptors (Lipinski definition) is 4. The average molecular weight is 334 g/mol. The van der Waals surface area contributed by atoms with Gasteiger partial charge in [0.15, 0.2) is 11.5 Å². The van der Waals surface area contributed by atoms with Gasteiger partial charge in [-0.15, -0.1) is 0 Å². The fourth-order valence-corrected chi connectivity index (χ4v) is 2.85. The van der Waals surface area contributed by atoms with E-state index in [1.807, 2.05) is 0 Å². The van der Waals surface area contributed by atoms with E-state index in [9.17, 15) is 13.2 Å². The largest absolute Gasteiger partial charge is 0.493 e. The number of fused-ring (bicyclic) bond motifs is 1. The summed E-state index contributed by atoms with van der Waals surface area (Å²) in [6, 6.07) is 1.61. The van der Waals surface area contributed by atoms with Gasteiger partial charge in [-0.2, -0.15) is 13.2 Å². The summed E-state index contributed by atoms with van der Waals surface area (Å²) in [6.45, 7) is 2.65. The van der Waals surface area contributed by atoms with E-state index in [4.69, 9.17) is 18.9 Å². The maximum absolute atomic E-state index is 13.7. The van der Waals surface area contributed by atoms with Crippen molar-refractivity contribution in [1.29, 1.82) is 0 Å². The highest BCUT2D eigenvalue weighted by Gasteiger charge is 2.42. The van der Waals surface area contributed by atoms with Crippen molar-refractivity contribution >= 4 is 0 Å². The van der Waals surface area contributed by atoms with Gasteiger partial charge in [0.05, 0.1) is 20.8 Å². The first kappa shape index (κ1) is 17.9. The first-order chi connectivity index (χ1) is 10.9. The second-order valence-corrected chi connectivity index (χ2v) is 5.18. The van der Waals surface area contributed by atoms with Crippen LogP contribution in [0, 0.1) is 0 Å². The highest BCUT2D eigenvalue weighted by Crippen LogP contribution is 2.48. The van der Waals surface area contributed by atoms with Crippen LogP contribution in [-0.4, -0.2) is 34.0 Å². The number of methoxy groups -OCH3 is 2. The Bertz CT molecular complexity index is 543. The fourth-order valence-electron chi connectivity index (χ4n) is 2.85. The minimum Gasteiger partial charge on any atom is -0.493 e. The lowest BCUT2D eigenvalue weighted by Gasteiger charge is -2.25. The van der Waals surface area contributed by atoms with Crippen molar-refractivity contribution in [3.05, 3.63) is 22.8 Å². The van der Waals surface area contributed by atoms with E-state index in [0.29, 0.717) is 31.6 Å². The molecule has 2 rings (SSSR count). The molecule has 1 atom stereocenters. The van der Waals surface area contributed by atoms with Crippen LogP contribution in [0.3, 0.4) is 0 Å². The van der Waals surface area contributed by atoms with E-state index in [-0.39, 0.29) is 23.7 Å². The quantitative estimate of drug-likeness (QED) is 0.821. The molecular weight excluding hydrogens is 313 g/mol. The van der Waals surface area contributed by atoms with E-state index in [1.165, 1.54) is 14.2 Å². The van der Waals surface area contributed by atoms with E-state index in [2.05, 4.69) is 0 Å². The zero-order valence-electron chi connectivity index (χ0n) is 13.5. The van der Waals surface area contributed by atoms with E-state index < -0.39 is 17.8 Å². The standard InChI is InChI=1S/C16H21F3O4/c1-4-22-9-12-13-10(6-5-7-23-12)8-11(20-2)15(21-3)14(13)16(17,18)19/h8,12H,4-7,9H2,1-3H3. The van der Waals surface area contributed by atoms with Gasteiger partial charge >= 0.3 is 6.18 Å². The molecular formula is C16H21F3O4. The smallest absolute Gasteiger partial charge is 0.420 e. The summed E-state index contributed by atoms with van der Waals surface area (Å²) < 4.78 is 62.3. The minimum atomic E-state index is -4.58. The van der Waals surface area contributed by atoms with Crippen LogP contribution < -0.4 is 9.47 Å². The molecule has 0 fully saturated rings. The lowest BCUT2D eigenvalue weighted by atomic mass is 9.92. The van der Waals surface area contributed by atoms with Crippen molar-refractivity contribution in [2.75, 3.05) is 34.0 Å². The van der Waals surface area contributed by atoms with Gasteiger partial charge < -0.3 is 18.9 Å². The lowest BCUT2D eigenvalue weighted by molar-refractivity contribution is -0.141. The monoisotopic (exact) mass is 334 g/mol. The van der Waals surface area contributed by atoms with Crippen LogP contribution in [0.1, 0.15) is 36.1 Å². The number of benzene rings is 1. The Labute approximate surface area is 133 Å². The Kier molecular flexibility index (Phi) is 5.75. The molecule has 1 heterocycles. The third kappa shape index (κ3) is 3.72. The highest BCUT2D eigenvalue weighted by atomic mass is 19.4. The van der Waals surface area contributed by atoms with Gasteiger partial charge in [0.2, 0.25) is 0 Å². The molecule has 130 valence electrons. The molecule has 1 aromatic rings. The summed E-state index contributed by atoms with van der Waals surface area (Å²) in [5.41, 5.74) is -0.167. The number of aryl methyl sites for hydroxylation is 1. The second-order valence-electron chi connectivity index (χ2n) is 5.18. The third-order valence-corrected chi connectivity index (χ3v) is 3.78. The topological polar surface area (TPSA) is 36.9 Å². The van der Waals surface area contributed by atoms with Crippen LogP contribution >= 0.6 is 0 Å². The van der Waals surface area contributed by atoms with E-state index in [0.717, 1.165) is 0 Å². The summed E-state index contributed by atoms with van der Waals surface area (Å²) in [6.07, 6.45) is -4.23. The molecule has 4 nitrogen and oxygen atoms in total. The maximum atomic E-state index is 13.7. The predicted molar refractivity (Wildman–Crippen MR) is 78.1 cm³/mol. The zero-order chi connectivity index (χ0) is 17.0. The zero-order valence-corrected chi connectivity index (χ0v) is 13.5. The molecule has 0 aliphatic carbocycles. The summed E-state index contributed by atoms with van der Waals surface area (Å²) >= 11 is 0.